The van der Waals surface area contributed by atoms with E-state index in [-0.39, 0.29) is 10.8 Å². The Morgan fingerprint density at radius 3 is 2.32 bits per heavy atom. The maximum absolute atomic E-state index is 13.8. The van der Waals surface area contributed by atoms with E-state index in [1.807, 2.05) is 42.5 Å². The Morgan fingerprint density at radius 1 is 1.00 bits per heavy atom. The standard InChI is InChI=1S/C28H28ClN3O3S2/c1-19-15-20(2)17-31(16-19)37(34,35)23-13-11-22(12-14-23)27(33)32(18-21-7-4-3-5-8-21)28-30-26-24(29)9-6-10-25(26)36-28/h3-14,19-20H,15-18H2,1-2H3. The van der Waals surface area contributed by atoms with Crippen LogP contribution in [0.5, 0.6) is 0 Å². The lowest BCUT2D eigenvalue weighted by Gasteiger charge is -2.34. The molecule has 37 heavy (non-hydrogen) atoms. The van der Waals surface area contributed by atoms with Crippen LogP contribution in [0.3, 0.4) is 0 Å². The maximum atomic E-state index is 13.8. The number of carbonyl (C=O) groups is 1. The largest absolute Gasteiger partial charge is 0.279 e. The minimum absolute atomic E-state index is 0.201. The van der Waals surface area contributed by atoms with Crippen LogP contribution in [0, 0.1) is 11.8 Å². The molecule has 5 rings (SSSR count). The number of anilines is 1. The van der Waals surface area contributed by atoms with E-state index in [2.05, 4.69) is 18.8 Å². The maximum Gasteiger partial charge on any atom is 0.260 e. The monoisotopic (exact) mass is 553 g/mol. The third kappa shape index (κ3) is 5.43. The van der Waals surface area contributed by atoms with Crippen molar-refractivity contribution in [2.75, 3.05) is 18.0 Å². The highest BCUT2D eigenvalue weighted by atomic mass is 35.5. The molecule has 0 spiro atoms. The average molecular weight is 554 g/mol. The van der Waals surface area contributed by atoms with Crippen molar-refractivity contribution in [1.82, 2.24) is 9.29 Å². The summed E-state index contributed by atoms with van der Waals surface area (Å²) in [5, 5.41) is 1.06. The van der Waals surface area contributed by atoms with E-state index < -0.39 is 10.0 Å². The average Bonchev–Trinajstić information content (AvgIpc) is 3.32. The molecule has 0 N–H and O–H groups in total. The van der Waals surface area contributed by atoms with Crippen molar-refractivity contribution >= 4 is 54.2 Å². The molecule has 1 aliphatic rings. The number of hydrogen-bond donors (Lipinski definition) is 0. The number of sulfonamides is 1. The predicted octanol–water partition coefficient (Wildman–Crippen LogP) is 6.46. The smallest absolute Gasteiger partial charge is 0.260 e. The van der Waals surface area contributed by atoms with Gasteiger partial charge in [-0.2, -0.15) is 4.31 Å². The molecule has 0 aliphatic carbocycles. The molecule has 0 radical (unpaired) electrons. The van der Waals surface area contributed by atoms with Gasteiger partial charge in [0.15, 0.2) is 5.13 Å². The van der Waals surface area contributed by atoms with Crippen LogP contribution in [0.4, 0.5) is 5.13 Å². The zero-order chi connectivity index (χ0) is 26.2. The number of thiazole rings is 1. The fourth-order valence-electron chi connectivity index (χ4n) is 4.89. The van der Waals surface area contributed by atoms with E-state index >= 15 is 0 Å². The Morgan fingerprint density at radius 2 is 1.68 bits per heavy atom. The van der Waals surface area contributed by atoms with Crippen molar-refractivity contribution in [3.05, 3.63) is 88.9 Å². The van der Waals surface area contributed by atoms with Gasteiger partial charge in [0.1, 0.15) is 5.52 Å². The highest BCUT2D eigenvalue weighted by Crippen LogP contribution is 2.34. The van der Waals surface area contributed by atoms with Gasteiger partial charge < -0.3 is 0 Å². The molecule has 9 heteroatoms. The molecular formula is C28H28ClN3O3S2. The molecule has 192 valence electrons. The number of carbonyl (C=O) groups excluding carboxylic acids is 1. The van der Waals surface area contributed by atoms with Crippen molar-refractivity contribution in [3.63, 3.8) is 0 Å². The molecule has 1 saturated heterocycles. The summed E-state index contributed by atoms with van der Waals surface area (Å²) < 4.78 is 29.0. The number of halogens is 1. The second-order valence-corrected chi connectivity index (χ2v) is 13.1. The minimum Gasteiger partial charge on any atom is -0.279 e. The fraction of sp³-hybridized carbons (Fsp3) is 0.286. The van der Waals surface area contributed by atoms with Gasteiger partial charge in [0.2, 0.25) is 10.0 Å². The third-order valence-electron chi connectivity index (χ3n) is 6.59. The van der Waals surface area contributed by atoms with Crippen LogP contribution in [-0.2, 0) is 16.6 Å². The van der Waals surface area contributed by atoms with Crippen molar-refractivity contribution < 1.29 is 13.2 Å². The predicted molar refractivity (Wildman–Crippen MR) is 150 cm³/mol. The number of piperidine rings is 1. The topological polar surface area (TPSA) is 70.6 Å². The van der Waals surface area contributed by atoms with Gasteiger partial charge in [-0.3, -0.25) is 9.69 Å². The number of nitrogens with zero attached hydrogens (tertiary/aromatic N) is 3. The lowest BCUT2D eigenvalue weighted by atomic mass is 9.94. The Kier molecular flexibility index (Phi) is 7.36. The minimum atomic E-state index is -3.63. The van der Waals surface area contributed by atoms with Gasteiger partial charge >= 0.3 is 0 Å². The molecular weight excluding hydrogens is 526 g/mol. The Bertz CT molecular complexity index is 1510. The van der Waals surface area contributed by atoms with E-state index in [0.29, 0.717) is 52.7 Å². The number of amides is 1. The summed E-state index contributed by atoms with van der Waals surface area (Å²) in [6.45, 7) is 5.50. The molecule has 1 fully saturated rings. The molecule has 4 aromatic rings. The summed E-state index contributed by atoms with van der Waals surface area (Å²) in [7, 11) is -3.63. The molecule has 0 saturated carbocycles. The lowest BCUT2D eigenvalue weighted by molar-refractivity contribution is 0.0985. The molecule has 3 aromatic carbocycles. The third-order valence-corrected chi connectivity index (χ3v) is 9.79. The highest BCUT2D eigenvalue weighted by molar-refractivity contribution is 7.89. The molecule has 1 amide bonds. The Labute approximate surface area is 226 Å². The van der Waals surface area contributed by atoms with Gasteiger partial charge in [0.05, 0.1) is 21.2 Å². The van der Waals surface area contributed by atoms with Crippen LogP contribution in [0.1, 0.15) is 36.2 Å². The molecule has 1 aliphatic heterocycles. The molecule has 2 heterocycles. The van der Waals surface area contributed by atoms with E-state index in [1.165, 1.54) is 23.5 Å². The number of hydrogen-bond acceptors (Lipinski definition) is 5. The fourth-order valence-corrected chi connectivity index (χ4v) is 7.83. The summed E-state index contributed by atoms with van der Waals surface area (Å²) in [5.74, 6) is 0.365. The van der Waals surface area contributed by atoms with Crippen molar-refractivity contribution in [1.29, 1.82) is 0 Å². The van der Waals surface area contributed by atoms with Crippen molar-refractivity contribution in [3.8, 4) is 0 Å². The van der Waals surface area contributed by atoms with Gasteiger partial charge in [0.25, 0.3) is 5.91 Å². The second kappa shape index (κ2) is 10.5. The first kappa shape index (κ1) is 25.9. The van der Waals surface area contributed by atoms with Gasteiger partial charge in [-0.1, -0.05) is 73.2 Å². The van der Waals surface area contributed by atoms with Gasteiger partial charge in [-0.05, 0) is 60.2 Å². The zero-order valence-electron chi connectivity index (χ0n) is 20.7. The lowest BCUT2D eigenvalue weighted by Crippen LogP contribution is -2.42. The first-order valence-electron chi connectivity index (χ1n) is 12.2. The first-order valence-corrected chi connectivity index (χ1v) is 14.9. The molecule has 2 atom stereocenters. The van der Waals surface area contributed by atoms with Crippen LogP contribution in [0.2, 0.25) is 5.02 Å². The van der Waals surface area contributed by atoms with Gasteiger partial charge in [-0.15, -0.1) is 0 Å². The summed E-state index contributed by atoms with van der Waals surface area (Å²) in [6.07, 6.45) is 1.02. The van der Waals surface area contributed by atoms with Crippen molar-refractivity contribution in [2.24, 2.45) is 11.8 Å². The van der Waals surface area contributed by atoms with Crippen LogP contribution < -0.4 is 4.90 Å². The number of benzene rings is 3. The van der Waals surface area contributed by atoms with E-state index in [9.17, 15) is 13.2 Å². The first-order chi connectivity index (χ1) is 17.7. The van der Waals surface area contributed by atoms with Crippen LogP contribution in [0.25, 0.3) is 10.2 Å². The number of aromatic nitrogens is 1. The Hall–Kier alpha value is -2.78. The van der Waals surface area contributed by atoms with Crippen LogP contribution >= 0.6 is 22.9 Å². The quantitative estimate of drug-likeness (QED) is 0.274. The van der Waals surface area contributed by atoms with E-state index in [0.717, 1.165) is 16.7 Å². The molecule has 1 aromatic heterocycles. The van der Waals surface area contributed by atoms with Crippen LogP contribution in [-0.4, -0.2) is 36.7 Å². The van der Waals surface area contributed by atoms with E-state index in [1.54, 1.807) is 27.4 Å². The molecule has 6 nitrogen and oxygen atoms in total. The summed E-state index contributed by atoms with van der Waals surface area (Å²) >= 11 is 7.75. The molecule has 2 unspecified atom stereocenters. The van der Waals surface area contributed by atoms with Gasteiger partial charge in [-0.25, -0.2) is 13.4 Å². The highest BCUT2D eigenvalue weighted by Gasteiger charge is 2.32. The normalized spacial score (nSPS) is 18.7. The SMILES string of the molecule is CC1CC(C)CN(S(=O)(=O)c2ccc(C(=O)N(Cc3ccccc3)c3nc4c(Cl)cccc4s3)cc2)C1. The zero-order valence-corrected chi connectivity index (χ0v) is 23.1. The summed E-state index contributed by atoms with van der Waals surface area (Å²) in [4.78, 5) is 20.3. The summed E-state index contributed by atoms with van der Waals surface area (Å²) in [5.41, 5.74) is 2.00. The second-order valence-electron chi connectivity index (χ2n) is 9.75. The summed E-state index contributed by atoms with van der Waals surface area (Å²) in [6, 6.07) is 21.5. The number of fused-ring (bicyclic) bond motifs is 1. The van der Waals surface area contributed by atoms with Crippen molar-refractivity contribution in [2.45, 2.75) is 31.7 Å². The Balaban J connectivity index is 1.46. The van der Waals surface area contributed by atoms with Crippen LogP contribution in [0.15, 0.2) is 77.7 Å². The number of para-hydroxylation sites is 1. The van der Waals surface area contributed by atoms with E-state index in [4.69, 9.17) is 11.6 Å². The molecule has 0 bridgehead atoms. The van der Waals surface area contributed by atoms with Gasteiger partial charge in [0, 0.05) is 18.7 Å². The number of rotatable bonds is 6.